The minimum Gasteiger partial charge on any atom is -0.333 e. The summed E-state index contributed by atoms with van der Waals surface area (Å²) >= 11 is 0. The molecule has 22 heavy (non-hydrogen) atoms. The molecule has 2 aromatic rings. The van der Waals surface area contributed by atoms with Crippen LogP contribution in [0.5, 0.6) is 0 Å². The molecule has 0 atom stereocenters. The van der Waals surface area contributed by atoms with E-state index in [-0.39, 0.29) is 12.2 Å². The van der Waals surface area contributed by atoms with Crippen LogP contribution in [-0.4, -0.2) is 33.5 Å². The summed E-state index contributed by atoms with van der Waals surface area (Å²) in [6.07, 6.45) is -1.41. The van der Waals surface area contributed by atoms with E-state index in [1.807, 2.05) is 0 Å². The predicted octanol–water partition coefficient (Wildman–Crippen LogP) is 3.07. The van der Waals surface area contributed by atoms with Crippen LogP contribution in [0.1, 0.15) is 22.5 Å². The average Bonchev–Trinajstić information content (AvgIpc) is 2.52. The van der Waals surface area contributed by atoms with Crippen molar-refractivity contribution in [2.24, 2.45) is 0 Å². The molecule has 0 bridgehead atoms. The molecule has 1 amide bonds. The number of carbonyl (C=O) groups excluding carboxylic acids is 1. The van der Waals surface area contributed by atoms with E-state index in [9.17, 15) is 18.0 Å². The Labute approximate surface area is 125 Å². The maximum absolute atomic E-state index is 12.5. The SMILES string of the molecule is O=C(c1cnccn1)N(CCC(F)(F)F)Cc1ccccc1. The van der Waals surface area contributed by atoms with Crippen molar-refractivity contribution in [1.82, 2.24) is 14.9 Å². The van der Waals surface area contributed by atoms with Gasteiger partial charge in [0.25, 0.3) is 5.91 Å². The van der Waals surface area contributed by atoms with Crippen LogP contribution in [0, 0.1) is 0 Å². The first kappa shape index (κ1) is 15.9. The molecule has 0 fully saturated rings. The first-order valence-electron chi connectivity index (χ1n) is 6.62. The van der Waals surface area contributed by atoms with Crippen molar-refractivity contribution in [2.75, 3.05) is 6.54 Å². The van der Waals surface area contributed by atoms with Gasteiger partial charge in [0.05, 0.1) is 12.6 Å². The number of nitrogens with zero attached hydrogens (tertiary/aromatic N) is 3. The molecule has 1 aromatic heterocycles. The Kier molecular flexibility index (Phi) is 5.08. The molecule has 116 valence electrons. The summed E-state index contributed by atoms with van der Waals surface area (Å²) in [5, 5.41) is 0. The molecule has 0 N–H and O–H groups in total. The standard InChI is InChI=1S/C15H14F3N3O/c16-15(17,18)6-9-21(11-12-4-2-1-3-5-12)14(22)13-10-19-7-8-20-13/h1-5,7-8,10H,6,9,11H2. The Balaban J connectivity index is 2.15. The third kappa shape index (κ3) is 4.83. The fraction of sp³-hybridized carbons (Fsp3) is 0.267. The summed E-state index contributed by atoms with van der Waals surface area (Å²) < 4.78 is 37.4. The summed E-state index contributed by atoms with van der Waals surface area (Å²) in [4.78, 5) is 21.1. The lowest BCUT2D eigenvalue weighted by Crippen LogP contribution is -2.34. The topological polar surface area (TPSA) is 46.1 Å². The van der Waals surface area contributed by atoms with Crippen LogP contribution in [0.2, 0.25) is 0 Å². The maximum atomic E-state index is 12.5. The van der Waals surface area contributed by atoms with E-state index in [1.165, 1.54) is 18.6 Å². The molecule has 0 aliphatic heterocycles. The summed E-state index contributed by atoms with van der Waals surface area (Å²) in [5.74, 6) is -0.568. The number of halogens is 3. The van der Waals surface area contributed by atoms with Gasteiger partial charge in [-0.05, 0) is 5.56 Å². The van der Waals surface area contributed by atoms with E-state index in [1.54, 1.807) is 30.3 Å². The molecule has 1 aromatic carbocycles. The molecule has 0 spiro atoms. The molecule has 2 rings (SSSR count). The molecule has 0 unspecified atom stereocenters. The number of hydrogen-bond acceptors (Lipinski definition) is 3. The van der Waals surface area contributed by atoms with Gasteiger partial charge in [-0.1, -0.05) is 30.3 Å². The number of amides is 1. The summed E-state index contributed by atoms with van der Waals surface area (Å²) in [6, 6.07) is 8.84. The van der Waals surface area contributed by atoms with Crippen molar-refractivity contribution >= 4 is 5.91 Å². The minimum absolute atomic E-state index is 0.0283. The van der Waals surface area contributed by atoms with Gasteiger partial charge >= 0.3 is 6.18 Å². The Morgan fingerprint density at radius 2 is 1.86 bits per heavy atom. The van der Waals surface area contributed by atoms with E-state index in [4.69, 9.17) is 0 Å². The second kappa shape index (κ2) is 7.02. The molecule has 0 radical (unpaired) electrons. The van der Waals surface area contributed by atoms with E-state index < -0.39 is 25.0 Å². The zero-order chi connectivity index (χ0) is 16.0. The number of carbonyl (C=O) groups is 1. The molecule has 0 aliphatic carbocycles. The molecule has 4 nitrogen and oxygen atoms in total. The van der Waals surface area contributed by atoms with Gasteiger partial charge in [-0.2, -0.15) is 13.2 Å². The third-order valence-electron chi connectivity index (χ3n) is 2.95. The Bertz CT molecular complexity index is 602. The van der Waals surface area contributed by atoms with Crippen LogP contribution in [0.15, 0.2) is 48.9 Å². The van der Waals surface area contributed by atoms with Crippen molar-refractivity contribution in [3.05, 3.63) is 60.2 Å². The number of alkyl halides is 3. The zero-order valence-corrected chi connectivity index (χ0v) is 11.6. The van der Waals surface area contributed by atoms with Crippen molar-refractivity contribution in [3.8, 4) is 0 Å². The van der Waals surface area contributed by atoms with E-state index in [0.717, 1.165) is 10.5 Å². The molecular weight excluding hydrogens is 295 g/mol. The van der Waals surface area contributed by atoms with Crippen LogP contribution in [0.3, 0.4) is 0 Å². The van der Waals surface area contributed by atoms with E-state index >= 15 is 0 Å². The molecule has 0 saturated heterocycles. The maximum Gasteiger partial charge on any atom is 0.390 e. The lowest BCUT2D eigenvalue weighted by molar-refractivity contribution is -0.136. The second-order valence-electron chi connectivity index (χ2n) is 4.67. The Hall–Kier alpha value is -2.44. The largest absolute Gasteiger partial charge is 0.390 e. The van der Waals surface area contributed by atoms with E-state index in [2.05, 4.69) is 9.97 Å². The predicted molar refractivity (Wildman–Crippen MR) is 73.9 cm³/mol. The monoisotopic (exact) mass is 309 g/mol. The van der Waals surface area contributed by atoms with Crippen molar-refractivity contribution in [1.29, 1.82) is 0 Å². The fourth-order valence-electron chi connectivity index (χ4n) is 1.89. The van der Waals surface area contributed by atoms with Crippen molar-refractivity contribution in [2.45, 2.75) is 19.1 Å². The highest BCUT2D eigenvalue weighted by molar-refractivity contribution is 5.91. The Morgan fingerprint density at radius 3 is 2.45 bits per heavy atom. The quantitative estimate of drug-likeness (QED) is 0.852. The van der Waals surface area contributed by atoms with Gasteiger partial charge in [-0.25, -0.2) is 4.98 Å². The minimum atomic E-state index is -4.32. The summed E-state index contributed by atoms with van der Waals surface area (Å²) in [6.45, 7) is -0.333. The first-order valence-corrected chi connectivity index (χ1v) is 6.62. The molecule has 0 aliphatic rings. The number of aromatic nitrogens is 2. The van der Waals surface area contributed by atoms with Gasteiger partial charge in [0.2, 0.25) is 0 Å². The number of rotatable bonds is 5. The number of hydrogen-bond donors (Lipinski definition) is 0. The average molecular weight is 309 g/mol. The van der Waals surface area contributed by atoms with Gasteiger partial charge in [-0.15, -0.1) is 0 Å². The lowest BCUT2D eigenvalue weighted by Gasteiger charge is -2.23. The highest BCUT2D eigenvalue weighted by atomic mass is 19.4. The molecule has 0 saturated carbocycles. The fourth-order valence-corrected chi connectivity index (χ4v) is 1.89. The van der Waals surface area contributed by atoms with Crippen LogP contribution >= 0.6 is 0 Å². The van der Waals surface area contributed by atoms with Crippen LogP contribution < -0.4 is 0 Å². The summed E-state index contributed by atoms with van der Waals surface area (Å²) in [5.41, 5.74) is 0.780. The van der Waals surface area contributed by atoms with Crippen molar-refractivity contribution in [3.63, 3.8) is 0 Å². The smallest absolute Gasteiger partial charge is 0.333 e. The first-order chi connectivity index (χ1) is 10.5. The van der Waals surface area contributed by atoms with Crippen LogP contribution in [0.25, 0.3) is 0 Å². The third-order valence-corrected chi connectivity index (χ3v) is 2.95. The van der Waals surface area contributed by atoms with E-state index in [0.29, 0.717) is 0 Å². The zero-order valence-electron chi connectivity index (χ0n) is 11.6. The molecular formula is C15H14F3N3O. The highest BCUT2D eigenvalue weighted by Crippen LogP contribution is 2.21. The van der Waals surface area contributed by atoms with Crippen molar-refractivity contribution < 1.29 is 18.0 Å². The Morgan fingerprint density at radius 1 is 1.14 bits per heavy atom. The van der Waals surface area contributed by atoms with Crippen LogP contribution in [-0.2, 0) is 6.54 Å². The normalized spacial score (nSPS) is 11.2. The van der Waals surface area contributed by atoms with Gasteiger partial charge in [0.1, 0.15) is 5.69 Å². The second-order valence-corrected chi connectivity index (χ2v) is 4.67. The molecule has 1 heterocycles. The lowest BCUT2D eigenvalue weighted by atomic mass is 10.2. The highest BCUT2D eigenvalue weighted by Gasteiger charge is 2.29. The van der Waals surface area contributed by atoms with Gasteiger partial charge in [0, 0.05) is 25.5 Å². The van der Waals surface area contributed by atoms with Gasteiger partial charge in [0.15, 0.2) is 0 Å². The number of benzene rings is 1. The van der Waals surface area contributed by atoms with Gasteiger partial charge in [-0.3, -0.25) is 9.78 Å². The summed E-state index contributed by atoms with van der Waals surface area (Å²) in [7, 11) is 0. The molecule has 7 heteroatoms. The van der Waals surface area contributed by atoms with Crippen LogP contribution in [0.4, 0.5) is 13.2 Å². The van der Waals surface area contributed by atoms with Gasteiger partial charge < -0.3 is 4.90 Å².